The summed E-state index contributed by atoms with van der Waals surface area (Å²) in [4.78, 5) is 11.4. The van der Waals surface area contributed by atoms with Crippen molar-refractivity contribution < 1.29 is 23.4 Å². The number of ether oxygens (including phenoxy) is 1. The average molecular weight is 251 g/mol. The summed E-state index contributed by atoms with van der Waals surface area (Å²) in [5.41, 5.74) is -0.688. The topological polar surface area (TPSA) is 58.6 Å². The zero-order valence-electron chi connectivity index (χ0n) is 10.3. The van der Waals surface area contributed by atoms with Crippen molar-refractivity contribution in [2.45, 2.75) is 63.7 Å². The quantitative estimate of drug-likeness (QED) is 0.750. The fraction of sp³-hybridized carbons (Fsp3) is 0.909. The molecule has 0 saturated heterocycles. The normalized spacial score (nSPS) is 28.6. The molecule has 0 radical (unpaired) electrons. The molecular weight excluding hydrogens is 232 g/mol. The van der Waals surface area contributed by atoms with E-state index >= 15 is 0 Å². The van der Waals surface area contributed by atoms with Gasteiger partial charge in [-0.15, -0.1) is 0 Å². The second-order valence-electron chi connectivity index (χ2n) is 5.35. The molecule has 1 fully saturated rings. The summed E-state index contributed by atoms with van der Waals surface area (Å²) in [5, 5.41) is 11.7. The molecule has 0 aromatic rings. The first-order valence-electron chi connectivity index (χ1n) is 5.67. The Hall–Kier alpha value is -0.910. The number of carbonyl (C=O) groups excluding carboxylic acids is 1. The molecule has 2 atom stereocenters. The lowest BCUT2D eigenvalue weighted by Gasteiger charge is -2.35. The molecular formula is C11H19F2NO3. The molecule has 100 valence electrons. The van der Waals surface area contributed by atoms with Gasteiger partial charge < -0.3 is 15.2 Å². The van der Waals surface area contributed by atoms with Crippen LogP contribution in [0.15, 0.2) is 0 Å². The van der Waals surface area contributed by atoms with Crippen LogP contribution in [-0.4, -0.2) is 34.9 Å². The highest BCUT2D eigenvalue weighted by molar-refractivity contribution is 5.68. The Morgan fingerprint density at radius 3 is 2.59 bits per heavy atom. The Kier molecular flexibility index (Phi) is 3.96. The zero-order chi connectivity index (χ0) is 13.3. The molecule has 1 rings (SSSR count). The van der Waals surface area contributed by atoms with Gasteiger partial charge in [0.05, 0.1) is 6.04 Å². The maximum Gasteiger partial charge on any atom is 0.407 e. The fourth-order valence-corrected chi connectivity index (χ4v) is 1.77. The average Bonchev–Trinajstić information content (AvgIpc) is 2.09. The molecule has 4 nitrogen and oxygen atoms in total. The Morgan fingerprint density at radius 2 is 2.06 bits per heavy atom. The van der Waals surface area contributed by atoms with Crippen molar-refractivity contribution in [2.24, 2.45) is 0 Å². The molecule has 6 heteroatoms. The highest BCUT2D eigenvalue weighted by Crippen LogP contribution is 2.33. The summed E-state index contributed by atoms with van der Waals surface area (Å²) in [7, 11) is 0. The fourth-order valence-electron chi connectivity index (χ4n) is 1.77. The number of hydrogen-bond donors (Lipinski definition) is 2. The summed E-state index contributed by atoms with van der Waals surface area (Å²) in [6.45, 7) is 5.04. The van der Waals surface area contributed by atoms with Crippen molar-refractivity contribution in [2.75, 3.05) is 0 Å². The maximum atomic E-state index is 13.2. The molecule has 0 aliphatic heterocycles. The van der Waals surface area contributed by atoms with Gasteiger partial charge in [-0.2, -0.15) is 0 Å². The SMILES string of the molecule is CC(C)(C)OC(=O)N[C@@H]1CCCC(F)(F)[C@@H]1O. The third-order valence-corrected chi connectivity index (χ3v) is 2.54. The third kappa shape index (κ3) is 4.11. The summed E-state index contributed by atoms with van der Waals surface area (Å²) in [5.74, 6) is -3.14. The van der Waals surface area contributed by atoms with E-state index in [9.17, 15) is 18.7 Å². The van der Waals surface area contributed by atoms with E-state index in [1.165, 1.54) is 0 Å². The van der Waals surface area contributed by atoms with Crippen LogP contribution in [0.2, 0.25) is 0 Å². The van der Waals surface area contributed by atoms with Gasteiger partial charge in [0.15, 0.2) is 0 Å². The van der Waals surface area contributed by atoms with Crippen molar-refractivity contribution in [1.29, 1.82) is 0 Å². The number of halogens is 2. The zero-order valence-corrected chi connectivity index (χ0v) is 10.3. The standard InChI is InChI=1S/C11H19F2NO3/c1-10(2,3)17-9(16)14-7-5-4-6-11(12,13)8(7)15/h7-8,15H,4-6H2,1-3H3,(H,14,16)/t7-,8-/m1/s1. The molecule has 0 bridgehead atoms. The van der Waals surface area contributed by atoms with Crippen molar-refractivity contribution in [3.05, 3.63) is 0 Å². The van der Waals surface area contributed by atoms with Gasteiger partial charge in [0.25, 0.3) is 5.92 Å². The van der Waals surface area contributed by atoms with E-state index in [-0.39, 0.29) is 12.8 Å². The number of aliphatic hydroxyl groups excluding tert-OH is 1. The van der Waals surface area contributed by atoms with E-state index in [1.54, 1.807) is 20.8 Å². The number of hydrogen-bond acceptors (Lipinski definition) is 3. The third-order valence-electron chi connectivity index (χ3n) is 2.54. The van der Waals surface area contributed by atoms with Gasteiger partial charge >= 0.3 is 6.09 Å². The van der Waals surface area contributed by atoms with Gasteiger partial charge in [0, 0.05) is 6.42 Å². The molecule has 17 heavy (non-hydrogen) atoms. The van der Waals surface area contributed by atoms with Crippen LogP contribution in [0.5, 0.6) is 0 Å². The molecule has 0 aromatic heterocycles. The van der Waals surface area contributed by atoms with Crippen molar-refractivity contribution in [1.82, 2.24) is 5.32 Å². The summed E-state index contributed by atoms with van der Waals surface area (Å²) >= 11 is 0. The van der Waals surface area contributed by atoms with E-state index in [0.29, 0.717) is 6.42 Å². The lowest BCUT2D eigenvalue weighted by molar-refractivity contribution is -0.142. The van der Waals surface area contributed by atoms with Gasteiger partial charge in [0.1, 0.15) is 11.7 Å². The van der Waals surface area contributed by atoms with Crippen molar-refractivity contribution in [3.8, 4) is 0 Å². The van der Waals surface area contributed by atoms with Crippen LogP contribution >= 0.6 is 0 Å². The maximum absolute atomic E-state index is 13.2. The lowest BCUT2D eigenvalue weighted by Crippen LogP contribution is -2.54. The van der Waals surface area contributed by atoms with Crippen LogP contribution in [0.25, 0.3) is 0 Å². The van der Waals surface area contributed by atoms with Crippen molar-refractivity contribution >= 4 is 6.09 Å². The van der Waals surface area contributed by atoms with E-state index in [4.69, 9.17) is 4.74 Å². The lowest BCUT2D eigenvalue weighted by atomic mass is 9.89. The molecule has 1 aliphatic carbocycles. The van der Waals surface area contributed by atoms with E-state index < -0.39 is 29.8 Å². The Morgan fingerprint density at radius 1 is 1.47 bits per heavy atom. The van der Waals surface area contributed by atoms with Crippen LogP contribution in [-0.2, 0) is 4.74 Å². The number of nitrogens with one attached hydrogen (secondary N) is 1. The second-order valence-corrected chi connectivity index (χ2v) is 5.35. The van der Waals surface area contributed by atoms with Crippen LogP contribution in [0.3, 0.4) is 0 Å². The first kappa shape index (κ1) is 14.2. The summed E-state index contributed by atoms with van der Waals surface area (Å²) < 4.78 is 31.3. The number of rotatable bonds is 1. The minimum Gasteiger partial charge on any atom is -0.444 e. The van der Waals surface area contributed by atoms with Crippen LogP contribution in [0.1, 0.15) is 40.0 Å². The van der Waals surface area contributed by atoms with Crippen LogP contribution < -0.4 is 5.32 Å². The van der Waals surface area contributed by atoms with Crippen LogP contribution in [0.4, 0.5) is 13.6 Å². The molecule has 1 aliphatic rings. The number of alkyl carbamates (subject to hydrolysis) is 1. The minimum absolute atomic E-state index is 0.268. The summed E-state index contributed by atoms with van der Waals surface area (Å²) in [6.07, 6.45) is -2.37. The van der Waals surface area contributed by atoms with Gasteiger partial charge in [-0.25, -0.2) is 13.6 Å². The Labute approximate surface area is 99.3 Å². The highest BCUT2D eigenvalue weighted by Gasteiger charge is 2.46. The molecule has 0 aromatic carbocycles. The second kappa shape index (κ2) is 4.76. The van der Waals surface area contributed by atoms with Gasteiger partial charge in [0.2, 0.25) is 0 Å². The molecule has 0 heterocycles. The Bertz CT molecular complexity index is 289. The highest BCUT2D eigenvalue weighted by atomic mass is 19.3. The molecule has 1 saturated carbocycles. The van der Waals surface area contributed by atoms with Crippen molar-refractivity contribution in [3.63, 3.8) is 0 Å². The van der Waals surface area contributed by atoms with Gasteiger partial charge in [-0.3, -0.25) is 0 Å². The van der Waals surface area contributed by atoms with Gasteiger partial charge in [-0.1, -0.05) is 0 Å². The number of carbonyl (C=O) groups is 1. The minimum atomic E-state index is -3.14. The summed E-state index contributed by atoms with van der Waals surface area (Å²) in [6, 6.07) is -0.950. The molecule has 1 amide bonds. The van der Waals surface area contributed by atoms with E-state index in [0.717, 1.165) is 0 Å². The number of alkyl halides is 2. The number of aliphatic hydroxyl groups is 1. The monoisotopic (exact) mass is 251 g/mol. The predicted octanol–water partition coefficient (Wildman–Crippen LogP) is 2.06. The van der Waals surface area contributed by atoms with E-state index in [2.05, 4.69) is 5.32 Å². The van der Waals surface area contributed by atoms with E-state index in [1.807, 2.05) is 0 Å². The molecule has 0 unspecified atom stereocenters. The Balaban J connectivity index is 2.54. The smallest absolute Gasteiger partial charge is 0.407 e. The predicted molar refractivity (Wildman–Crippen MR) is 58.0 cm³/mol. The molecule has 2 N–H and O–H groups in total. The van der Waals surface area contributed by atoms with Gasteiger partial charge in [-0.05, 0) is 33.6 Å². The number of amides is 1. The first-order valence-corrected chi connectivity index (χ1v) is 5.67. The largest absolute Gasteiger partial charge is 0.444 e. The van der Waals surface area contributed by atoms with Crippen LogP contribution in [0, 0.1) is 0 Å². The molecule has 0 spiro atoms. The first-order chi connectivity index (χ1) is 7.62.